The number of amides is 1. The fraction of sp³-hybridized carbons (Fsp3) is 0.240. The summed E-state index contributed by atoms with van der Waals surface area (Å²) >= 11 is 0. The van der Waals surface area contributed by atoms with Crippen LogP contribution in [0.1, 0.15) is 22.3 Å². The fourth-order valence-electron chi connectivity index (χ4n) is 3.87. The van der Waals surface area contributed by atoms with Gasteiger partial charge in [-0.2, -0.15) is 0 Å². The zero-order valence-electron chi connectivity index (χ0n) is 17.8. The van der Waals surface area contributed by atoms with Gasteiger partial charge in [-0.25, -0.2) is 13.1 Å². The predicted octanol–water partition coefficient (Wildman–Crippen LogP) is 3.42. The zero-order chi connectivity index (χ0) is 22.4. The van der Waals surface area contributed by atoms with E-state index in [-0.39, 0.29) is 17.3 Å². The normalized spacial score (nSPS) is 16.1. The molecule has 1 unspecified atom stereocenters. The van der Waals surface area contributed by atoms with Crippen LogP contribution in [-0.2, 0) is 16.6 Å². The molecule has 0 saturated carbocycles. The van der Waals surface area contributed by atoms with Gasteiger partial charge in [-0.15, -0.1) is 0 Å². The molecule has 0 spiro atoms. The van der Waals surface area contributed by atoms with Crippen LogP contribution >= 0.6 is 0 Å². The Morgan fingerprint density at radius 2 is 1.66 bits per heavy atom. The van der Waals surface area contributed by atoms with Gasteiger partial charge in [0, 0.05) is 37.4 Å². The summed E-state index contributed by atoms with van der Waals surface area (Å²) in [6.45, 7) is 2.61. The summed E-state index contributed by atoms with van der Waals surface area (Å²) in [6, 6.07) is 25.7. The number of benzene rings is 3. The molecule has 32 heavy (non-hydrogen) atoms. The van der Waals surface area contributed by atoms with Gasteiger partial charge in [0.05, 0.1) is 4.90 Å². The molecule has 0 radical (unpaired) electrons. The van der Waals surface area contributed by atoms with E-state index in [0.29, 0.717) is 18.0 Å². The molecule has 166 valence electrons. The summed E-state index contributed by atoms with van der Waals surface area (Å²) in [5.41, 5.74) is 2.40. The van der Waals surface area contributed by atoms with Crippen LogP contribution in [0.15, 0.2) is 89.8 Å². The van der Waals surface area contributed by atoms with Crippen LogP contribution in [-0.4, -0.2) is 34.0 Å². The molecule has 3 aromatic carbocycles. The van der Waals surface area contributed by atoms with Gasteiger partial charge >= 0.3 is 0 Å². The van der Waals surface area contributed by atoms with Crippen molar-refractivity contribution in [1.29, 1.82) is 0 Å². The number of nitrogens with zero attached hydrogens (tertiary/aromatic N) is 1. The van der Waals surface area contributed by atoms with Crippen molar-refractivity contribution >= 4 is 21.6 Å². The largest absolute Gasteiger partial charge is 0.371 e. The molecule has 7 heteroatoms. The van der Waals surface area contributed by atoms with E-state index in [2.05, 4.69) is 27.1 Å². The highest BCUT2D eigenvalue weighted by Crippen LogP contribution is 2.23. The summed E-state index contributed by atoms with van der Waals surface area (Å²) in [5.74, 6) is 0.0990. The van der Waals surface area contributed by atoms with Crippen molar-refractivity contribution in [3.8, 4) is 0 Å². The van der Waals surface area contributed by atoms with E-state index in [1.54, 1.807) is 12.1 Å². The van der Waals surface area contributed by atoms with Crippen LogP contribution in [0.4, 0.5) is 5.69 Å². The minimum atomic E-state index is -3.72. The first-order valence-electron chi connectivity index (χ1n) is 10.7. The third-order valence-corrected chi connectivity index (χ3v) is 7.07. The lowest BCUT2D eigenvalue weighted by Crippen LogP contribution is -2.31. The van der Waals surface area contributed by atoms with E-state index in [1.165, 1.54) is 17.8 Å². The smallest absolute Gasteiger partial charge is 0.251 e. The Hall–Kier alpha value is -3.16. The molecule has 4 rings (SSSR count). The Morgan fingerprint density at radius 1 is 0.938 bits per heavy atom. The lowest BCUT2D eigenvalue weighted by molar-refractivity contribution is 0.0948. The standard InChI is InChI=1S/C25H27N3O3S/c29-25(26-17-21-14-15-28(19-21)23-11-5-2-6-12-23)22-10-7-13-24(16-22)32(30,31)27-18-20-8-3-1-4-9-20/h1-13,16,21,27H,14-15,17-19H2,(H,26,29). The van der Waals surface area contributed by atoms with Crippen LogP contribution in [0.2, 0.25) is 0 Å². The third-order valence-electron chi connectivity index (χ3n) is 5.67. The maximum atomic E-state index is 12.7. The van der Waals surface area contributed by atoms with Gasteiger partial charge in [0.1, 0.15) is 0 Å². The zero-order valence-corrected chi connectivity index (χ0v) is 18.6. The molecular weight excluding hydrogens is 422 g/mol. The fourth-order valence-corrected chi connectivity index (χ4v) is 4.94. The number of hydrogen-bond donors (Lipinski definition) is 2. The summed E-state index contributed by atoms with van der Waals surface area (Å²) in [7, 11) is -3.72. The van der Waals surface area contributed by atoms with Gasteiger partial charge in [-0.05, 0) is 48.2 Å². The van der Waals surface area contributed by atoms with Crippen molar-refractivity contribution in [3.05, 3.63) is 96.1 Å². The van der Waals surface area contributed by atoms with Crippen LogP contribution in [0, 0.1) is 5.92 Å². The first kappa shape index (κ1) is 22.0. The van der Waals surface area contributed by atoms with Gasteiger partial charge < -0.3 is 10.2 Å². The number of anilines is 1. The summed E-state index contributed by atoms with van der Waals surface area (Å²) in [5, 5.41) is 2.97. The molecule has 2 N–H and O–H groups in total. The highest BCUT2D eigenvalue weighted by Gasteiger charge is 2.23. The Morgan fingerprint density at radius 3 is 2.41 bits per heavy atom. The maximum absolute atomic E-state index is 12.7. The van der Waals surface area contributed by atoms with E-state index < -0.39 is 10.0 Å². The average molecular weight is 450 g/mol. The topological polar surface area (TPSA) is 78.5 Å². The summed E-state index contributed by atoms with van der Waals surface area (Å²) < 4.78 is 27.9. The monoisotopic (exact) mass is 449 g/mol. The van der Waals surface area contributed by atoms with Crippen LogP contribution in [0.3, 0.4) is 0 Å². The van der Waals surface area contributed by atoms with Gasteiger partial charge in [-0.3, -0.25) is 4.79 Å². The molecular formula is C25H27N3O3S. The number of hydrogen-bond acceptors (Lipinski definition) is 4. The lowest BCUT2D eigenvalue weighted by atomic mass is 10.1. The number of rotatable bonds is 8. The van der Waals surface area contributed by atoms with Gasteiger partial charge in [-0.1, -0.05) is 54.6 Å². The van der Waals surface area contributed by atoms with E-state index in [0.717, 1.165) is 25.1 Å². The second kappa shape index (κ2) is 9.97. The minimum Gasteiger partial charge on any atom is -0.371 e. The second-order valence-corrected chi connectivity index (χ2v) is 9.75. The number of nitrogens with one attached hydrogen (secondary N) is 2. The van der Waals surface area contributed by atoms with Gasteiger partial charge in [0.2, 0.25) is 10.0 Å². The van der Waals surface area contributed by atoms with Gasteiger partial charge in [0.15, 0.2) is 0 Å². The Kier molecular flexibility index (Phi) is 6.87. The van der Waals surface area contributed by atoms with Crippen molar-refractivity contribution in [2.75, 3.05) is 24.5 Å². The molecule has 6 nitrogen and oxygen atoms in total. The molecule has 0 aliphatic carbocycles. The van der Waals surface area contributed by atoms with Crippen molar-refractivity contribution < 1.29 is 13.2 Å². The molecule has 1 saturated heterocycles. The highest BCUT2D eigenvalue weighted by atomic mass is 32.2. The van der Waals surface area contributed by atoms with E-state index >= 15 is 0 Å². The van der Waals surface area contributed by atoms with E-state index in [1.807, 2.05) is 48.5 Å². The first-order chi connectivity index (χ1) is 15.5. The number of para-hydroxylation sites is 1. The molecule has 1 aliphatic rings. The quantitative estimate of drug-likeness (QED) is 0.552. The van der Waals surface area contributed by atoms with E-state index in [9.17, 15) is 13.2 Å². The van der Waals surface area contributed by atoms with Crippen LogP contribution in [0.25, 0.3) is 0 Å². The molecule has 1 atom stereocenters. The predicted molar refractivity (Wildman–Crippen MR) is 126 cm³/mol. The third kappa shape index (κ3) is 5.55. The molecule has 0 bridgehead atoms. The van der Waals surface area contributed by atoms with Gasteiger partial charge in [0.25, 0.3) is 5.91 Å². The average Bonchev–Trinajstić information content (AvgIpc) is 3.32. The second-order valence-electron chi connectivity index (χ2n) is 7.98. The lowest BCUT2D eigenvalue weighted by Gasteiger charge is -2.18. The Balaban J connectivity index is 1.33. The Labute approximate surface area is 189 Å². The Bertz CT molecular complexity index is 1150. The highest BCUT2D eigenvalue weighted by molar-refractivity contribution is 7.89. The molecule has 1 aliphatic heterocycles. The number of carbonyl (C=O) groups excluding carboxylic acids is 1. The summed E-state index contributed by atoms with van der Waals surface area (Å²) in [4.78, 5) is 15.1. The van der Waals surface area contributed by atoms with E-state index in [4.69, 9.17) is 0 Å². The van der Waals surface area contributed by atoms with Crippen molar-refractivity contribution in [2.24, 2.45) is 5.92 Å². The van der Waals surface area contributed by atoms with Crippen molar-refractivity contribution in [2.45, 2.75) is 17.9 Å². The van der Waals surface area contributed by atoms with Crippen molar-refractivity contribution in [1.82, 2.24) is 10.0 Å². The number of carbonyl (C=O) groups is 1. The number of sulfonamides is 1. The molecule has 1 amide bonds. The van der Waals surface area contributed by atoms with Crippen LogP contribution < -0.4 is 14.9 Å². The van der Waals surface area contributed by atoms with Crippen LogP contribution in [0.5, 0.6) is 0 Å². The van der Waals surface area contributed by atoms with Crippen molar-refractivity contribution in [3.63, 3.8) is 0 Å². The molecule has 1 fully saturated rings. The molecule has 1 heterocycles. The SMILES string of the molecule is O=C(NCC1CCN(c2ccccc2)C1)c1cccc(S(=O)(=O)NCc2ccccc2)c1. The summed E-state index contributed by atoms with van der Waals surface area (Å²) in [6.07, 6.45) is 1.01. The molecule has 0 aromatic heterocycles. The maximum Gasteiger partial charge on any atom is 0.251 e. The first-order valence-corrected chi connectivity index (χ1v) is 12.2. The minimum absolute atomic E-state index is 0.0807. The molecule has 3 aromatic rings.